The molecule has 0 fully saturated rings. The number of carbonyl (C=O) groups excluding carboxylic acids is 1. The van der Waals surface area contributed by atoms with E-state index in [9.17, 15) is 18.3 Å². The van der Waals surface area contributed by atoms with E-state index in [0.717, 1.165) is 24.1 Å². The van der Waals surface area contributed by atoms with Crippen LogP contribution in [0.3, 0.4) is 0 Å². The number of likely N-dealkylation sites (N-methyl/N-ethyl adjacent to an activating group) is 1. The lowest BCUT2D eigenvalue weighted by atomic mass is 9.97. The summed E-state index contributed by atoms with van der Waals surface area (Å²) in [6.45, 7) is 12.1. The standard InChI is InChI=1S/C22H30NO.C7H5NO3S/c1-5-23(6-2,16-20-13-8-7-9-14-20)17-21(24)15-22-18(3)11-10-12-19(22)4;9-7-5-3-1-2-4-6(5)12(10,11)8-7/h7-14H,5-6,15-17H2,1-4H3;1-4H,(H,8,9)/q+1;/p-1. The Hall–Kier alpha value is -3.29. The molecule has 0 spiro atoms. The lowest BCUT2D eigenvalue weighted by Crippen LogP contribution is -2.50. The molecule has 0 saturated carbocycles. The maximum absolute atomic E-state index is 12.8. The van der Waals surface area contributed by atoms with Crippen LogP contribution in [0.25, 0.3) is 0 Å². The Morgan fingerprint density at radius 1 is 0.861 bits per heavy atom. The molecule has 7 heteroatoms. The molecule has 1 heterocycles. The van der Waals surface area contributed by atoms with Gasteiger partial charge in [-0.05, 0) is 50.5 Å². The molecule has 0 aliphatic carbocycles. The van der Waals surface area contributed by atoms with Gasteiger partial charge >= 0.3 is 0 Å². The normalized spacial score (nSPS) is 13.8. The van der Waals surface area contributed by atoms with Crippen molar-refractivity contribution in [2.75, 3.05) is 19.6 Å². The van der Waals surface area contributed by atoms with E-state index in [1.165, 1.54) is 34.4 Å². The van der Waals surface area contributed by atoms with Gasteiger partial charge in [-0.15, -0.1) is 0 Å². The largest absolute Gasteiger partial charge is 0.858 e. The van der Waals surface area contributed by atoms with Crippen LogP contribution in [-0.2, 0) is 27.8 Å². The number of rotatable bonds is 8. The van der Waals surface area contributed by atoms with Crippen LogP contribution in [0.1, 0.15) is 41.7 Å². The first kappa shape index (κ1) is 27.3. The maximum Gasteiger partial charge on any atom is 0.282 e. The highest BCUT2D eigenvalue weighted by atomic mass is 32.2. The second-order valence-corrected chi connectivity index (χ2v) is 10.8. The molecule has 0 amide bonds. The van der Waals surface area contributed by atoms with Crippen molar-refractivity contribution >= 4 is 21.7 Å². The number of carbonyl (C=O) groups is 1. The third-order valence-electron chi connectivity index (χ3n) is 6.83. The average Bonchev–Trinajstić information content (AvgIpc) is 3.10. The minimum Gasteiger partial charge on any atom is -0.858 e. The first-order valence-electron chi connectivity index (χ1n) is 12.2. The number of nitrogens with zero attached hydrogens (tertiary/aromatic N) is 2. The summed E-state index contributed by atoms with van der Waals surface area (Å²) in [6, 6.07) is 22.8. The summed E-state index contributed by atoms with van der Waals surface area (Å²) in [5.41, 5.74) is 5.11. The lowest BCUT2D eigenvalue weighted by Gasteiger charge is -2.36. The highest BCUT2D eigenvalue weighted by molar-refractivity contribution is 7.90. The van der Waals surface area contributed by atoms with E-state index in [1.54, 1.807) is 12.1 Å². The lowest BCUT2D eigenvalue weighted by molar-refractivity contribution is -0.930. The van der Waals surface area contributed by atoms with Gasteiger partial charge in [0.1, 0.15) is 13.1 Å². The molecule has 0 radical (unpaired) electrons. The topological polar surface area (TPSA) is 86.6 Å². The van der Waals surface area contributed by atoms with Gasteiger partial charge in [-0.1, -0.05) is 66.7 Å². The molecule has 0 bridgehead atoms. The Kier molecular flexibility index (Phi) is 8.82. The Labute approximate surface area is 214 Å². The van der Waals surface area contributed by atoms with Gasteiger partial charge in [0.05, 0.1) is 18.0 Å². The summed E-state index contributed by atoms with van der Waals surface area (Å²) >= 11 is 0. The van der Waals surface area contributed by atoms with Crippen molar-refractivity contribution in [2.45, 2.75) is 45.6 Å². The molecule has 36 heavy (non-hydrogen) atoms. The molecule has 0 saturated heterocycles. The number of Topliss-reactive ketones (excluding diaryl/α,β-unsaturated/α-hetero) is 1. The van der Waals surface area contributed by atoms with Crippen molar-refractivity contribution in [3.8, 4) is 0 Å². The van der Waals surface area contributed by atoms with Crippen molar-refractivity contribution in [1.82, 2.24) is 0 Å². The van der Waals surface area contributed by atoms with Crippen LogP contribution < -0.4 is 5.11 Å². The van der Waals surface area contributed by atoms with E-state index >= 15 is 0 Å². The van der Waals surface area contributed by atoms with Gasteiger partial charge in [-0.25, -0.2) is 0 Å². The predicted molar refractivity (Wildman–Crippen MR) is 141 cm³/mol. The molecule has 3 aromatic rings. The minimum atomic E-state index is -3.68. The van der Waals surface area contributed by atoms with E-state index < -0.39 is 15.9 Å². The monoisotopic (exact) mass is 506 g/mol. The van der Waals surface area contributed by atoms with E-state index in [2.05, 4.69) is 74.6 Å². The number of fused-ring (bicyclic) bond motifs is 1. The molecule has 6 nitrogen and oxygen atoms in total. The van der Waals surface area contributed by atoms with Crippen molar-refractivity contribution in [3.63, 3.8) is 0 Å². The summed E-state index contributed by atoms with van der Waals surface area (Å²) in [7, 11) is -3.68. The van der Waals surface area contributed by atoms with E-state index in [4.69, 9.17) is 0 Å². The zero-order valence-electron chi connectivity index (χ0n) is 21.4. The number of aryl methyl sites for hydroxylation is 2. The van der Waals surface area contributed by atoms with Crippen LogP contribution >= 0.6 is 0 Å². The van der Waals surface area contributed by atoms with Crippen LogP contribution in [0.15, 0.2) is 82.1 Å². The molecule has 3 aromatic carbocycles. The Morgan fingerprint density at radius 3 is 2.03 bits per heavy atom. The fourth-order valence-electron chi connectivity index (χ4n) is 4.53. The van der Waals surface area contributed by atoms with Crippen molar-refractivity contribution in [1.29, 1.82) is 0 Å². The summed E-state index contributed by atoms with van der Waals surface area (Å²) in [5.74, 6) is -0.336. The Balaban J connectivity index is 0.000000249. The molecule has 1 aliphatic heterocycles. The van der Waals surface area contributed by atoms with Gasteiger partial charge in [0.15, 0.2) is 5.78 Å². The van der Waals surface area contributed by atoms with E-state index in [-0.39, 0.29) is 10.5 Å². The van der Waals surface area contributed by atoms with Crippen molar-refractivity contribution < 1.29 is 22.8 Å². The minimum absolute atomic E-state index is 0.00926. The third kappa shape index (κ3) is 6.47. The first-order chi connectivity index (χ1) is 17.1. The fourth-order valence-corrected chi connectivity index (χ4v) is 5.63. The molecule has 0 atom stereocenters. The summed E-state index contributed by atoms with van der Waals surface area (Å²) in [6.07, 6.45) is 0.549. The highest BCUT2D eigenvalue weighted by Crippen LogP contribution is 2.23. The predicted octanol–water partition coefficient (Wildman–Crippen LogP) is 3.97. The quantitative estimate of drug-likeness (QED) is 0.433. The van der Waals surface area contributed by atoms with Gasteiger partial charge < -0.3 is 9.59 Å². The van der Waals surface area contributed by atoms with Gasteiger partial charge in [0, 0.05) is 23.4 Å². The maximum atomic E-state index is 12.8. The molecular weight excluding hydrogens is 472 g/mol. The summed E-state index contributed by atoms with van der Waals surface area (Å²) < 4.78 is 26.0. The number of hydrogen-bond acceptors (Lipinski definition) is 4. The van der Waals surface area contributed by atoms with Gasteiger partial charge in [0.2, 0.25) is 0 Å². The first-order valence-corrected chi connectivity index (χ1v) is 13.6. The van der Waals surface area contributed by atoms with Gasteiger partial charge in [-0.2, -0.15) is 12.8 Å². The molecule has 0 aromatic heterocycles. The number of benzene rings is 3. The number of hydrogen-bond donors (Lipinski definition) is 0. The van der Waals surface area contributed by atoms with Crippen LogP contribution in [0.5, 0.6) is 0 Å². The SMILES string of the molecule is CC[N+](CC)(CC(=O)Cc1c(C)cccc1C)Cc1ccccc1.O=S1(=O)N=C([O-])c2ccccc21. The van der Waals surface area contributed by atoms with E-state index in [1.807, 2.05) is 6.07 Å². The zero-order chi connectivity index (χ0) is 26.3. The smallest absolute Gasteiger partial charge is 0.282 e. The van der Waals surface area contributed by atoms with Crippen LogP contribution in [0.2, 0.25) is 0 Å². The number of sulfonamides is 1. The second kappa shape index (κ2) is 11.6. The van der Waals surface area contributed by atoms with Crippen molar-refractivity contribution in [2.24, 2.45) is 4.40 Å². The molecular formula is C29H34N2O4S. The molecule has 0 N–H and O–H groups in total. The summed E-state index contributed by atoms with van der Waals surface area (Å²) in [5, 5.41) is 10.9. The van der Waals surface area contributed by atoms with Crippen LogP contribution in [0.4, 0.5) is 0 Å². The number of ketones is 1. The van der Waals surface area contributed by atoms with Crippen LogP contribution in [0, 0.1) is 13.8 Å². The van der Waals surface area contributed by atoms with Gasteiger partial charge in [-0.3, -0.25) is 4.79 Å². The van der Waals surface area contributed by atoms with Crippen LogP contribution in [-0.4, -0.2) is 44.2 Å². The molecule has 190 valence electrons. The average molecular weight is 507 g/mol. The third-order valence-corrected chi connectivity index (χ3v) is 8.15. The summed E-state index contributed by atoms with van der Waals surface area (Å²) in [4.78, 5) is 12.8. The van der Waals surface area contributed by atoms with E-state index in [0.29, 0.717) is 18.7 Å². The number of quaternary nitrogens is 1. The fraction of sp³-hybridized carbons (Fsp3) is 0.310. The van der Waals surface area contributed by atoms with Crippen molar-refractivity contribution in [3.05, 3.63) is 101 Å². The zero-order valence-corrected chi connectivity index (χ0v) is 22.2. The Bertz CT molecular complexity index is 1320. The molecule has 4 rings (SSSR count). The highest BCUT2D eigenvalue weighted by Gasteiger charge is 2.27. The second-order valence-electron chi connectivity index (χ2n) is 9.23. The van der Waals surface area contributed by atoms with Gasteiger partial charge in [0.25, 0.3) is 10.0 Å². The molecule has 0 unspecified atom stereocenters. The molecule has 1 aliphatic rings. The Morgan fingerprint density at radius 2 is 1.44 bits per heavy atom.